The summed E-state index contributed by atoms with van der Waals surface area (Å²) in [5.41, 5.74) is 3.14. The summed E-state index contributed by atoms with van der Waals surface area (Å²) in [6.07, 6.45) is 0.714. The standard InChI is InChI=1S/C28H33N3O4S/c1-4-16-30(28(34)29-24-13-11-23(12-14-24)27(33)35-5-2)20-26(32)31(18-22-9-7-6-8-10-22)19-25-21(3)15-17-36-25/h6-15,17H,4-5,16,18-20H2,1-3H3,(H,29,34). The Hall–Kier alpha value is -3.65. The van der Waals surface area contributed by atoms with Crippen molar-refractivity contribution in [3.8, 4) is 0 Å². The molecule has 0 radical (unpaired) electrons. The van der Waals surface area contributed by atoms with Gasteiger partial charge in [0, 0.05) is 23.7 Å². The zero-order chi connectivity index (χ0) is 25.9. The number of urea groups is 1. The Morgan fingerprint density at radius 3 is 2.25 bits per heavy atom. The summed E-state index contributed by atoms with van der Waals surface area (Å²) in [4.78, 5) is 42.9. The fourth-order valence-electron chi connectivity index (χ4n) is 3.67. The van der Waals surface area contributed by atoms with Crippen LogP contribution < -0.4 is 5.32 Å². The molecule has 3 aromatic rings. The van der Waals surface area contributed by atoms with Gasteiger partial charge in [0.05, 0.1) is 18.7 Å². The van der Waals surface area contributed by atoms with E-state index in [0.29, 0.717) is 43.9 Å². The van der Waals surface area contributed by atoms with Crippen LogP contribution in [-0.2, 0) is 22.6 Å². The van der Waals surface area contributed by atoms with E-state index in [-0.39, 0.29) is 18.5 Å². The number of hydrogen-bond acceptors (Lipinski definition) is 5. The molecule has 7 nitrogen and oxygen atoms in total. The Labute approximate surface area is 216 Å². The molecule has 0 unspecified atom stereocenters. The smallest absolute Gasteiger partial charge is 0.338 e. The summed E-state index contributed by atoms with van der Waals surface area (Å²) >= 11 is 1.63. The molecule has 0 aliphatic carbocycles. The van der Waals surface area contributed by atoms with Gasteiger partial charge in [-0.25, -0.2) is 9.59 Å². The van der Waals surface area contributed by atoms with E-state index in [4.69, 9.17) is 4.74 Å². The van der Waals surface area contributed by atoms with Gasteiger partial charge in [-0.15, -0.1) is 11.3 Å². The quantitative estimate of drug-likeness (QED) is 0.337. The third-order valence-electron chi connectivity index (χ3n) is 5.63. The molecular weight excluding hydrogens is 474 g/mol. The topological polar surface area (TPSA) is 79.0 Å². The van der Waals surface area contributed by atoms with E-state index in [0.717, 1.165) is 16.0 Å². The Bertz CT molecular complexity index is 1150. The number of rotatable bonds is 11. The van der Waals surface area contributed by atoms with E-state index in [2.05, 4.69) is 11.4 Å². The first-order valence-corrected chi connectivity index (χ1v) is 13.0. The average molecular weight is 508 g/mol. The normalized spacial score (nSPS) is 10.5. The predicted octanol–water partition coefficient (Wildman–Crippen LogP) is 5.71. The van der Waals surface area contributed by atoms with Gasteiger partial charge in [0.1, 0.15) is 6.54 Å². The Morgan fingerprint density at radius 2 is 1.64 bits per heavy atom. The molecule has 190 valence electrons. The van der Waals surface area contributed by atoms with Gasteiger partial charge in [-0.2, -0.15) is 0 Å². The summed E-state index contributed by atoms with van der Waals surface area (Å²) in [6.45, 7) is 7.43. The van der Waals surface area contributed by atoms with E-state index in [9.17, 15) is 14.4 Å². The Morgan fingerprint density at radius 1 is 0.917 bits per heavy atom. The second kappa shape index (κ2) is 13.4. The number of nitrogens with zero attached hydrogens (tertiary/aromatic N) is 2. The van der Waals surface area contributed by atoms with Crippen LogP contribution in [0.25, 0.3) is 0 Å². The number of carbonyl (C=O) groups excluding carboxylic acids is 3. The van der Waals surface area contributed by atoms with Crippen LogP contribution in [0.1, 0.15) is 46.6 Å². The van der Waals surface area contributed by atoms with Gasteiger partial charge in [0.25, 0.3) is 0 Å². The minimum atomic E-state index is -0.409. The number of nitrogens with one attached hydrogen (secondary N) is 1. The maximum atomic E-state index is 13.5. The first-order valence-electron chi connectivity index (χ1n) is 12.1. The molecule has 0 fully saturated rings. The molecule has 0 bridgehead atoms. The second-order valence-corrected chi connectivity index (χ2v) is 9.41. The Kier molecular flexibility index (Phi) is 10.1. The van der Waals surface area contributed by atoms with Crippen molar-refractivity contribution in [3.63, 3.8) is 0 Å². The Balaban J connectivity index is 1.71. The third kappa shape index (κ3) is 7.68. The lowest BCUT2D eigenvalue weighted by atomic mass is 10.2. The first kappa shape index (κ1) is 26.9. The van der Waals surface area contributed by atoms with Gasteiger partial charge in [-0.3, -0.25) is 4.79 Å². The van der Waals surface area contributed by atoms with Crippen molar-refractivity contribution in [2.24, 2.45) is 0 Å². The molecule has 0 atom stereocenters. The number of anilines is 1. The highest BCUT2D eigenvalue weighted by molar-refractivity contribution is 7.10. The van der Waals surface area contributed by atoms with Crippen LogP contribution in [0.2, 0.25) is 0 Å². The summed E-state index contributed by atoms with van der Waals surface area (Å²) < 4.78 is 5.00. The number of benzene rings is 2. The van der Waals surface area contributed by atoms with Gasteiger partial charge in [-0.05, 0) is 67.1 Å². The molecule has 3 rings (SSSR count). The van der Waals surface area contributed by atoms with Gasteiger partial charge < -0.3 is 19.9 Å². The van der Waals surface area contributed by atoms with E-state index < -0.39 is 5.97 Å². The monoisotopic (exact) mass is 507 g/mol. The highest BCUT2D eigenvalue weighted by Crippen LogP contribution is 2.20. The number of amides is 3. The maximum Gasteiger partial charge on any atom is 0.338 e. The SMILES string of the molecule is CCCN(CC(=O)N(Cc1ccccc1)Cc1sccc1C)C(=O)Nc1ccc(C(=O)OCC)cc1. The van der Waals surface area contributed by atoms with Crippen LogP contribution >= 0.6 is 11.3 Å². The summed E-state index contributed by atoms with van der Waals surface area (Å²) in [7, 11) is 0. The number of hydrogen-bond donors (Lipinski definition) is 1. The largest absolute Gasteiger partial charge is 0.462 e. The lowest BCUT2D eigenvalue weighted by Crippen LogP contribution is -2.44. The molecule has 1 N–H and O–H groups in total. The third-order valence-corrected chi connectivity index (χ3v) is 6.63. The molecule has 0 saturated heterocycles. The fourth-order valence-corrected chi connectivity index (χ4v) is 4.59. The van der Waals surface area contributed by atoms with Crippen molar-refractivity contribution in [3.05, 3.63) is 87.6 Å². The van der Waals surface area contributed by atoms with E-state index in [1.165, 1.54) is 4.90 Å². The van der Waals surface area contributed by atoms with Crippen molar-refractivity contribution in [1.29, 1.82) is 0 Å². The molecule has 1 aromatic heterocycles. The van der Waals surface area contributed by atoms with Crippen LogP contribution in [-0.4, -0.2) is 47.4 Å². The van der Waals surface area contributed by atoms with Crippen LogP contribution in [0.3, 0.4) is 0 Å². The van der Waals surface area contributed by atoms with Crippen molar-refractivity contribution in [2.75, 3.05) is 25.0 Å². The maximum absolute atomic E-state index is 13.5. The molecule has 0 spiro atoms. The van der Waals surface area contributed by atoms with Gasteiger partial charge >= 0.3 is 12.0 Å². The van der Waals surface area contributed by atoms with Crippen molar-refractivity contribution >= 4 is 34.9 Å². The van der Waals surface area contributed by atoms with Crippen LogP contribution in [0.4, 0.5) is 10.5 Å². The number of ether oxygens (including phenoxy) is 1. The van der Waals surface area contributed by atoms with E-state index in [1.807, 2.05) is 49.6 Å². The zero-order valence-electron chi connectivity index (χ0n) is 21.0. The number of esters is 1. The molecule has 1 heterocycles. The summed E-state index contributed by atoms with van der Waals surface area (Å²) in [5.74, 6) is -0.527. The predicted molar refractivity (Wildman–Crippen MR) is 143 cm³/mol. The lowest BCUT2D eigenvalue weighted by Gasteiger charge is -2.28. The first-order chi connectivity index (χ1) is 17.4. The van der Waals surface area contributed by atoms with Crippen molar-refractivity contribution in [1.82, 2.24) is 9.80 Å². The molecular formula is C28H33N3O4S. The van der Waals surface area contributed by atoms with Crippen LogP contribution in [0.5, 0.6) is 0 Å². The van der Waals surface area contributed by atoms with Crippen molar-refractivity contribution < 1.29 is 19.1 Å². The number of carbonyl (C=O) groups is 3. The molecule has 8 heteroatoms. The lowest BCUT2D eigenvalue weighted by molar-refractivity contribution is -0.133. The number of aryl methyl sites for hydroxylation is 1. The zero-order valence-corrected chi connectivity index (χ0v) is 21.8. The minimum Gasteiger partial charge on any atom is -0.462 e. The second-order valence-electron chi connectivity index (χ2n) is 8.41. The molecule has 2 aromatic carbocycles. The van der Waals surface area contributed by atoms with Crippen molar-refractivity contribution in [2.45, 2.75) is 40.3 Å². The van der Waals surface area contributed by atoms with Crippen LogP contribution in [0.15, 0.2) is 66.0 Å². The van der Waals surface area contributed by atoms with Gasteiger partial charge in [0.15, 0.2) is 0 Å². The van der Waals surface area contributed by atoms with Gasteiger partial charge in [0.2, 0.25) is 5.91 Å². The van der Waals surface area contributed by atoms with Gasteiger partial charge in [-0.1, -0.05) is 37.3 Å². The summed E-state index contributed by atoms with van der Waals surface area (Å²) in [6, 6.07) is 18.1. The summed E-state index contributed by atoms with van der Waals surface area (Å²) in [5, 5.41) is 4.87. The van der Waals surface area contributed by atoms with E-state index in [1.54, 1.807) is 47.4 Å². The molecule has 0 saturated carbocycles. The van der Waals surface area contributed by atoms with E-state index >= 15 is 0 Å². The average Bonchev–Trinajstić information content (AvgIpc) is 3.28. The molecule has 0 aliphatic heterocycles. The molecule has 3 amide bonds. The molecule has 36 heavy (non-hydrogen) atoms. The highest BCUT2D eigenvalue weighted by Gasteiger charge is 2.22. The fraction of sp³-hybridized carbons (Fsp3) is 0.321. The minimum absolute atomic E-state index is 0.0299. The highest BCUT2D eigenvalue weighted by atomic mass is 32.1. The van der Waals surface area contributed by atoms with Crippen LogP contribution in [0, 0.1) is 6.92 Å². The molecule has 0 aliphatic rings. The number of thiophene rings is 1.